The van der Waals surface area contributed by atoms with E-state index in [-0.39, 0.29) is 24.7 Å². The maximum absolute atomic E-state index is 14.5. The van der Waals surface area contributed by atoms with Gasteiger partial charge in [0.05, 0.1) is 16.4 Å². The SMILES string of the molecule is CCCS(=O)c1c(C(F)(C(F)(F)F)C(F)(F)F)ccc(C(=O)O)c1CC. The lowest BCUT2D eigenvalue weighted by atomic mass is 9.90. The fraction of sp³-hybridized carbons (Fsp3) is 0.533. The minimum Gasteiger partial charge on any atom is -0.478 e. The molecule has 0 aliphatic carbocycles. The molecule has 0 aliphatic heterocycles. The minimum atomic E-state index is -6.38. The smallest absolute Gasteiger partial charge is 0.435 e. The lowest BCUT2D eigenvalue weighted by molar-refractivity contribution is -0.349. The summed E-state index contributed by atoms with van der Waals surface area (Å²) in [7, 11) is -2.45. The molecule has 0 radical (unpaired) electrons. The molecule has 0 amide bonds. The predicted molar refractivity (Wildman–Crippen MR) is 79.2 cm³/mol. The van der Waals surface area contributed by atoms with E-state index in [1.165, 1.54) is 13.8 Å². The Kier molecular flexibility index (Phi) is 6.49. The molecule has 1 unspecified atom stereocenters. The molecular weight excluding hydrogens is 393 g/mol. The topological polar surface area (TPSA) is 54.4 Å². The minimum absolute atomic E-state index is 0.104. The average molecular weight is 408 g/mol. The number of benzene rings is 1. The molecule has 0 aromatic heterocycles. The van der Waals surface area contributed by atoms with E-state index in [2.05, 4.69) is 0 Å². The summed E-state index contributed by atoms with van der Waals surface area (Å²) in [5.74, 6) is -1.99. The van der Waals surface area contributed by atoms with Crippen molar-refractivity contribution in [2.45, 2.75) is 49.6 Å². The van der Waals surface area contributed by atoms with Gasteiger partial charge in [0, 0.05) is 16.2 Å². The molecule has 148 valence electrons. The van der Waals surface area contributed by atoms with Crippen molar-refractivity contribution in [3.63, 3.8) is 0 Å². The van der Waals surface area contributed by atoms with Crippen molar-refractivity contribution in [2.75, 3.05) is 5.75 Å². The summed E-state index contributed by atoms with van der Waals surface area (Å²) in [6.45, 7) is 2.74. The molecule has 0 saturated carbocycles. The van der Waals surface area contributed by atoms with E-state index in [1.807, 2.05) is 0 Å². The van der Waals surface area contributed by atoms with Gasteiger partial charge >= 0.3 is 24.0 Å². The van der Waals surface area contributed by atoms with Crippen LogP contribution in [0.4, 0.5) is 30.7 Å². The first-order valence-corrected chi connectivity index (χ1v) is 8.66. The van der Waals surface area contributed by atoms with Crippen LogP contribution in [0, 0.1) is 0 Å². The zero-order valence-electron chi connectivity index (χ0n) is 13.6. The average Bonchev–Trinajstić information content (AvgIpc) is 2.50. The quantitative estimate of drug-likeness (QED) is 0.691. The molecule has 26 heavy (non-hydrogen) atoms. The summed E-state index contributed by atoms with van der Waals surface area (Å²) in [5, 5.41) is 9.11. The van der Waals surface area contributed by atoms with Crippen LogP contribution in [0.2, 0.25) is 0 Å². The first kappa shape index (κ1) is 22.4. The van der Waals surface area contributed by atoms with Gasteiger partial charge in [-0.2, -0.15) is 26.3 Å². The van der Waals surface area contributed by atoms with Gasteiger partial charge in [-0.1, -0.05) is 19.9 Å². The van der Waals surface area contributed by atoms with Crippen molar-refractivity contribution in [2.24, 2.45) is 0 Å². The van der Waals surface area contributed by atoms with Crippen molar-refractivity contribution < 1.29 is 44.8 Å². The van der Waals surface area contributed by atoms with Crippen molar-refractivity contribution in [3.8, 4) is 0 Å². The largest absolute Gasteiger partial charge is 0.478 e. The van der Waals surface area contributed by atoms with E-state index < -0.39 is 56.4 Å². The number of halogens is 7. The third-order valence-electron chi connectivity index (χ3n) is 3.61. The van der Waals surface area contributed by atoms with E-state index in [9.17, 15) is 39.7 Å². The molecule has 1 aromatic carbocycles. The molecular formula is C15H15F7O3S. The predicted octanol–water partition coefficient (Wildman–Crippen LogP) is 4.75. The van der Waals surface area contributed by atoms with Crippen LogP contribution in [-0.4, -0.2) is 33.4 Å². The normalized spacial score (nSPS) is 14.3. The van der Waals surface area contributed by atoms with Crippen LogP contribution >= 0.6 is 0 Å². The number of carbonyl (C=O) groups is 1. The van der Waals surface area contributed by atoms with Crippen molar-refractivity contribution >= 4 is 16.8 Å². The summed E-state index contributed by atoms with van der Waals surface area (Å²) in [5.41, 5.74) is -8.80. The standard InChI is InChI=1S/C15H15F7O3S/c1-3-7-26(25)11-8(4-2)9(12(23)24)5-6-10(11)13(16,14(17,18)19)15(20,21)22/h5-6H,3-4,7H2,1-2H3,(H,23,24). The highest BCUT2D eigenvalue weighted by atomic mass is 32.2. The molecule has 0 fully saturated rings. The van der Waals surface area contributed by atoms with E-state index in [4.69, 9.17) is 5.11 Å². The molecule has 1 atom stereocenters. The van der Waals surface area contributed by atoms with Gasteiger partial charge < -0.3 is 5.11 Å². The fourth-order valence-electron chi connectivity index (χ4n) is 2.46. The number of aromatic carboxylic acids is 1. The van der Waals surface area contributed by atoms with Gasteiger partial charge in [-0.3, -0.25) is 4.21 Å². The number of rotatable bonds is 6. The van der Waals surface area contributed by atoms with Crippen molar-refractivity contribution in [1.29, 1.82) is 0 Å². The molecule has 0 bridgehead atoms. The molecule has 0 aliphatic rings. The zero-order chi connectivity index (χ0) is 20.5. The number of carboxylic acid groups (broad SMARTS) is 1. The monoisotopic (exact) mass is 408 g/mol. The Morgan fingerprint density at radius 2 is 1.54 bits per heavy atom. The van der Waals surface area contributed by atoms with Gasteiger partial charge in [-0.05, 0) is 24.5 Å². The Morgan fingerprint density at radius 1 is 1.04 bits per heavy atom. The highest BCUT2D eigenvalue weighted by Crippen LogP contribution is 2.55. The van der Waals surface area contributed by atoms with Crippen LogP contribution < -0.4 is 0 Å². The maximum atomic E-state index is 14.5. The summed E-state index contributed by atoms with van der Waals surface area (Å²) < 4.78 is 105. The van der Waals surface area contributed by atoms with Crippen molar-refractivity contribution in [1.82, 2.24) is 0 Å². The van der Waals surface area contributed by atoms with E-state index in [0.29, 0.717) is 6.07 Å². The summed E-state index contributed by atoms with van der Waals surface area (Å²) in [4.78, 5) is 10.2. The number of hydrogen-bond acceptors (Lipinski definition) is 2. The van der Waals surface area contributed by atoms with E-state index in [1.54, 1.807) is 0 Å². The summed E-state index contributed by atoms with van der Waals surface area (Å²) >= 11 is 0. The molecule has 3 nitrogen and oxygen atoms in total. The first-order valence-electron chi connectivity index (χ1n) is 7.34. The highest BCUT2D eigenvalue weighted by Gasteiger charge is 2.74. The Hall–Kier alpha value is -1.65. The second-order valence-electron chi connectivity index (χ2n) is 5.33. The Balaban J connectivity index is 4.02. The second-order valence-corrected chi connectivity index (χ2v) is 6.84. The highest BCUT2D eigenvalue weighted by molar-refractivity contribution is 7.85. The van der Waals surface area contributed by atoms with Crippen LogP contribution in [0.25, 0.3) is 0 Å². The molecule has 0 saturated heterocycles. The van der Waals surface area contributed by atoms with Gasteiger partial charge in [0.1, 0.15) is 0 Å². The van der Waals surface area contributed by atoms with Gasteiger partial charge in [-0.25, -0.2) is 9.18 Å². The zero-order valence-corrected chi connectivity index (χ0v) is 14.4. The lowest BCUT2D eigenvalue weighted by Gasteiger charge is -2.32. The third kappa shape index (κ3) is 3.72. The molecule has 0 heterocycles. The molecule has 1 rings (SSSR count). The Labute approximate surface area is 146 Å². The first-order chi connectivity index (χ1) is 11.7. The van der Waals surface area contributed by atoms with Gasteiger partial charge in [0.15, 0.2) is 0 Å². The van der Waals surface area contributed by atoms with E-state index >= 15 is 0 Å². The van der Waals surface area contributed by atoms with Crippen LogP contribution in [0.5, 0.6) is 0 Å². The van der Waals surface area contributed by atoms with Crippen LogP contribution in [0.1, 0.15) is 41.8 Å². The van der Waals surface area contributed by atoms with Crippen LogP contribution in [0.15, 0.2) is 17.0 Å². The lowest BCUT2D eigenvalue weighted by Crippen LogP contribution is -2.51. The molecule has 1 aromatic rings. The van der Waals surface area contributed by atoms with Crippen molar-refractivity contribution in [3.05, 3.63) is 28.8 Å². The molecule has 1 N–H and O–H groups in total. The molecule has 0 spiro atoms. The van der Waals surface area contributed by atoms with Gasteiger partial charge in [0.2, 0.25) is 0 Å². The maximum Gasteiger partial charge on any atom is 0.435 e. The second kappa shape index (κ2) is 7.53. The number of carboxylic acids is 1. The third-order valence-corrected chi connectivity index (χ3v) is 5.31. The van der Waals surface area contributed by atoms with Crippen LogP contribution in [-0.2, 0) is 22.9 Å². The van der Waals surface area contributed by atoms with Gasteiger partial charge in [0.25, 0.3) is 0 Å². The van der Waals surface area contributed by atoms with Gasteiger partial charge in [-0.15, -0.1) is 0 Å². The Morgan fingerprint density at radius 3 is 1.88 bits per heavy atom. The number of hydrogen-bond donors (Lipinski definition) is 1. The van der Waals surface area contributed by atoms with Crippen LogP contribution in [0.3, 0.4) is 0 Å². The fourth-order valence-corrected chi connectivity index (χ4v) is 4.02. The summed E-state index contributed by atoms with van der Waals surface area (Å²) in [6.07, 6.45) is -13.0. The summed E-state index contributed by atoms with van der Waals surface area (Å²) in [6, 6.07) is 0.571. The van der Waals surface area contributed by atoms with E-state index in [0.717, 1.165) is 0 Å². The molecule has 11 heteroatoms. The Bertz CT molecular complexity index is 696. The number of alkyl halides is 7.